The molecule has 1 fully saturated rings. The van der Waals surface area contributed by atoms with E-state index in [1.54, 1.807) is 7.11 Å². The van der Waals surface area contributed by atoms with Crippen LogP contribution in [0.3, 0.4) is 0 Å². The smallest absolute Gasteiger partial charge is 0.159 e. The Kier molecular flexibility index (Phi) is 6.09. The molecule has 3 unspecified atom stereocenters. The molecule has 5 heteroatoms. The van der Waals surface area contributed by atoms with Gasteiger partial charge in [0.1, 0.15) is 23.4 Å². The van der Waals surface area contributed by atoms with Crippen LogP contribution in [0.4, 0.5) is 0 Å². The predicted molar refractivity (Wildman–Crippen MR) is 119 cm³/mol. The van der Waals surface area contributed by atoms with E-state index < -0.39 is 0 Å². The molecule has 0 aromatic heterocycles. The van der Waals surface area contributed by atoms with Crippen LogP contribution in [0.15, 0.2) is 64.1 Å². The molecule has 0 bridgehead atoms. The third-order valence-electron chi connectivity index (χ3n) is 6.11. The van der Waals surface area contributed by atoms with Crippen molar-refractivity contribution < 1.29 is 19.1 Å². The minimum atomic E-state index is -0.350. The van der Waals surface area contributed by atoms with E-state index in [4.69, 9.17) is 9.47 Å². The van der Waals surface area contributed by atoms with Gasteiger partial charge in [0.15, 0.2) is 5.78 Å². The van der Waals surface area contributed by atoms with E-state index in [0.717, 1.165) is 32.7 Å². The Balaban J connectivity index is 1.70. The standard InChI is InChI=1S/C25H25BrO4/c1-15-12-21-20(25(15)28)10-11-23(27)22(21)14-24(16-4-3-5-19(13-16)29-2)30-18-8-6-17(26)7-9-18/h3-9,13,15,20,24H,10-12,14H2,1-2H3. The van der Waals surface area contributed by atoms with E-state index in [2.05, 4.69) is 15.9 Å². The van der Waals surface area contributed by atoms with E-state index in [0.29, 0.717) is 25.7 Å². The van der Waals surface area contributed by atoms with Crippen molar-refractivity contribution in [3.8, 4) is 11.5 Å². The van der Waals surface area contributed by atoms with E-state index in [9.17, 15) is 9.59 Å². The van der Waals surface area contributed by atoms with Gasteiger partial charge < -0.3 is 9.47 Å². The first-order valence-electron chi connectivity index (χ1n) is 10.3. The van der Waals surface area contributed by atoms with Gasteiger partial charge in [0, 0.05) is 29.2 Å². The van der Waals surface area contributed by atoms with Gasteiger partial charge >= 0.3 is 0 Å². The summed E-state index contributed by atoms with van der Waals surface area (Å²) in [5.74, 6) is 1.80. The van der Waals surface area contributed by atoms with Crippen LogP contribution in [-0.4, -0.2) is 18.7 Å². The summed E-state index contributed by atoms with van der Waals surface area (Å²) in [7, 11) is 1.63. The fourth-order valence-electron chi connectivity index (χ4n) is 4.52. The summed E-state index contributed by atoms with van der Waals surface area (Å²) in [4.78, 5) is 25.4. The molecule has 0 N–H and O–H groups in total. The molecule has 4 nitrogen and oxygen atoms in total. The van der Waals surface area contributed by atoms with Crippen LogP contribution < -0.4 is 9.47 Å². The van der Waals surface area contributed by atoms with Crippen LogP contribution in [0, 0.1) is 11.8 Å². The highest BCUT2D eigenvalue weighted by molar-refractivity contribution is 9.10. The van der Waals surface area contributed by atoms with E-state index in [-0.39, 0.29) is 29.5 Å². The molecule has 30 heavy (non-hydrogen) atoms. The Morgan fingerprint density at radius 1 is 1.10 bits per heavy atom. The maximum atomic E-state index is 12.9. The minimum Gasteiger partial charge on any atom is -0.497 e. The minimum absolute atomic E-state index is 0.00596. The Morgan fingerprint density at radius 3 is 2.60 bits per heavy atom. The molecule has 0 heterocycles. The van der Waals surface area contributed by atoms with E-state index in [1.165, 1.54) is 0 Å². The number of ether oxygens (including phenoxy) is 2. The fourth-order valence-corrected chi connectivity index (χ4v) is 4.78. The maximum absolute atomic E-state index is 12.9. The molecule has 1 saturated carbocycles. The number of benzene rings is 2. The van der Waals surface area contributed by atoms with Crippen molar-refractivity contribution in [3.63, 3.8) is 0 Å². The molecule has 156 valence electrons. The van der Waals surface area contributed by atoms with Gasteiger partial charge in [0.25, 0.3) is 0 Å². The number of hydrogen-bond donors (Lipinski definition) is 0. The molecular weight excluding hydrogens is 444 g/mol. The topological polar surface area (TPSA) is 52.6 Å². The van der Waals surface area contributed by atoms with Crippen molar-refractivity contribution in [1.82, 2.24) is 0 Å². The monoisotopic (exact) mass is 468 g/mol. The van der Waals surface area contributed by atoms with Crippen molar-refractivity contribution in [2.45, 2.75) is 38.7 Å². The van der Waals surface area contributed by atoms with Crippen LogP contribution in [0.5, 0.6) is 11.5 Å². The first-order valence-corrected chi connectivity index (χ1v) is 11.1. The van der Waals surface area contributed by atoms with Crippen LogP contribution in [0.25, 0.3) is 0 Å². The van der Waals surface area contributed by atoms with E-state index >= 15 is 0 Å². The summed E-state index contributed by atoms with van der Waals surface area (Å²) in [6.07, 6.45) is 1.88. The van der Waals surface area contributed by atoms with Crippen molar-refractivity contribution >= 4 is 27.5 Å². The summed E-state index contributed by atoms with van der Waals surface area (Å²) in [6, 6.07) is 15.4. The number of methoxy groups -OCH3 is 1. The molecule has 2 aliphatic rings. The molecule has 0 aliphatic heterocycles. The first kappa shape index (κ1) is 20.9. The molecule has 2 aliphatic carbocycles. The summed E-state index contributed by atoms with van der Waals surface area (Å²) in [6.45, 7) is 1.97. The largest absolute Gasteiger partial charge is 0.497 e. The van der Waals surface area contributed by atoms with Crippen molar-refractivity contribution in [1.29, 1.82) is 0 Å². The van der Waals surface area contributed by atoms with Crippen LogP contribution in [-0.2, 0) is 9.59 Å². The van der Waals surface area contributed by atoms with Crippen molar-refractivity contribution in [2.24, 2.45) is 11.8 Å². The number of rotatable bonds is 6. The summed E-state index contributed by atoms with van der Waals surface area (Å²) < 4.78 is 12.7. The quantitative estimate of drug-likeness (QED) is 0.533. The summed E-state index contributed by atoms with van der Waals surface area (Å²) in [5.41, 5.74) is 2.77. The van der Waals surface area contributed by atoms with Gasteiger partial charge in [-0.2, -0.15) is 0 Å². The van der Waals surface area contributed by atoms with Gasteiger partial charge in [-0.05, 0) is 60.4 Å². The van der Waals surface area contributed by atoms with Gasteiger partial charge in [0.2, 0.25) is 0 Å². The normalized spacial score (nSPS) is 22.1. The number of ketones is 2. The molecule has 0 spiro atoms. The second-order valence-corrected chi connectivity index (χ2v) is 8.98. The Hall–Kier alpha value is -2.40. The SMILES string of the molecule is COc1cccc(C(CC2=C3CC(C)C(=O)C3CCC2=O)Oc2ccc(Br)cc2)c1. The van der Waals surface area contributed by atoms with Crippen molar-refractivity contribution in [3.05, 3.63) is 69.7 Å². The lowest BCUT2D eigenvalue weighted by molar-refractivity contribution is -0.123. The van der Waals surface area contributed by atoms with Crippen LogP contribution in [0.2, 0.25) is 0 Å². The van der Waals surface area contributed by atoms with Gasteiger partial charge in [-0.3, -0.25) is 9.59 Å². The van der Waals surface area contributed by atoms with Crippen LogP contribution in [0.1, 0.15) is 44.3 Å². The Labute approximate surface area is 185 Å². The third kappa shape index (κ3) is 4.22. The van der Waals surface area contributed by atoms with Gasteiger partial charge in [0.05, 0.1) is 7.11 Å². The zero-order chi connectivity index (χ0) is 21.3. The van der Waals surface area contributed by atoms with Crippen molar-refractivity contribution in [2.75, 3.05) is 7.11 Å². The van der Waals surface area contributed by atoms with Crippen LogP contribution >= 0.6 is 15.9 Å². The van der Waals surface area contributed by atoms with Gasteiger partial charge in [-0.15, -0.1) is 0 Å². The number of carbonyl (C=O) groups excluding carboxylic acids is 2. The molecular formula is C25H25BrO4. The lowest BCUT2D eigenvalue weighted by Crippen LogP contribution is -2.23. The zero-order valence-corrected chi connectivity index (χ0v) is 18.8. The molecule has 0 radical (unpaired) electrons. The highest BCUT2D eigenvalue weighted by atomic mass is 79.9. The molecule has 2 aromatic rings. The maximum Gasteiger partial charge on any atom is 0.159 e. The lowest BCUT2D eigenvalue weighted by Gasteiger charge is -2.26. The van der Waals surface area contributed by atoms with E-state index in [1.807, 2.05) is 55.5 Å². The number of fused-ring (bicyclic) bond motifs is 1. The number of Topliss-reactive ketones (excluding diaryl/α,β-unsaturated/α-hetero) is 2. The second kappa shape index (κ2) is 8.76. The average Bonchev–Trinajstić information content (AvgIpc) is 3.05. The zero-order valence-electron chi connectivity index (χ0n) is 17.2. The summed E-state index contributed by atoms with van der Waals surface area (Å²) >= 11 is 3.45. The highest BCUT2D eigenvalue weighted by Crippen LogP contribution is 2.44. The molecule has 3 atom stereocenters. The summed E-state index contributed by atoms with van der Waals surface area (Å²) in [5, 5.41) is 0. The molecule has 4 rings (SSSR count). The fraction of sp³-hybridized carbons (Fsp3) is 0.360. The molecule has 0 saturated heterocycles. The van der Waals surface area contributed by atoms with Gasteiger partial charge in [-0.1, -0.05) is 40.6 Å². The third-order valence-corrected chi connectivity index (χ3v) is 6.64. The highest BCUT2D eigenvalue weighted by Gasteiger charge is 2.41. The molecule has 2 aromatic carbocycles. The first-order chi connectivity index (χ1) is 14.5. The second-order valence-electron chi connectivity index (χ2n) is 8.07. The van der Waals surface area contributed by atoms with Gasteiger partial charge in [-0.25, -0.2) is 0 Å². The number of allylic oxidation sites excluding steroid dienone is 1. The Bertz CT molecular complexity index is 992. The number of halogens is 1. The Morgan fingerprint density at radius 2 is 1.87 bits per heavy atom. The molecule has 0 amide bonds. The number of hydrogen-bond acceptors (Lipinski definition) is 4. The average molecular weight is 469 g/mol. The lowest BCUT2D eigenvalue weighted by atomic mass is 9.81. The number of carbonyl (C=O) groups is 2. The predicted octanol–water partition coefficient (Wildman–Crippen LogP) is 5.85.